The molecule has 7 heteroatoms. The number of hydrogen-bond acceptors (Lipinski definition) is 5. The number of nitrogens with zero attached hydrogens (tertiary/aromatic N) is 2. The fraction of sp³-hybridized carbons (Fsp3) is 0.190. The second kappa shape index (κ2) is 8.54. The fourth-order valence-corrected chi connectivity index (χ4v) is 4.21. The molecule has 1 aromatic heterocycles. The number of hydrogen-bond donors (Lipinski definition) is 2. The molecule has 0 spiro atoms. The Hall–Kier alpha value is -2.70. The largest absolute Gasteiger partial charge is 0.353 e. The highest BCUT2D eigenvalue weighted by Gasteiger charge is 2.20. The van der Waals surface area contributed by atoms with E-state index < -0.39 is 0 Å². The van der Waals surface area contributed by atoms with E-state index in [4.69, 9.17) is 11.6 Å². The first-order valence-electron chi connectivity index (χ1n) is 9.10. The Labute approximate surface area is 172 Å². The molecule has 142 valence electrons. The number of nitrogens with one attached hydrogen (secondary N) is 2. The molecule has 0 saturated heterocycles. The number of amides is 1. The molecule has 1 heterocycles. The summed E-state index contributed by atoms with van der Waals surface area (Å²) in [4.78, 5) is 12.1. The highest BCUT2D eigenvalue weighted by atomic mass is 35.5. The van der Waals surface area contributed by atoms with E-state index in [2.05, 4.69) is 45.1 Å². The first-order chi connectivity index (χ1) is 13.7. The zero-order valence-corrected chi connectivity index (χ0v) is 16.6. The van der Waals surface area contributed by atoms with Gasteiger partial charge in [-0.1, -0.05) is 65.4 Å². The predicted octanol–water partition coefficient (Wildman–Crippen LogP) is 5.33. The molecule has 3 aromatic rings. The quantitative estimate of drug-likeness (QED) is 0.557. The van der Waals surface area contributed by atoms with Crippen molar-refractivity contribution in [2.24, 2.45) is 0 Å². The van der Waals surface area contributed by atoms with Gasteiger partial charge in [0.05, 0.1) is 6.04 Å². The van der Waals surface area contributed by atoms with E-state index in [0.717, 1.165) is 24.8 Å². The molecule has 0 aliphatic heterocycles. The maximum absolute atomic E-state index is 12.1. The van der Waals surface area contributed by atoms with Crippen LogP contribution in [0.4, 0.5) is 10.3 Å². The van der Waals surface area contributed by atoms with Gasteiger partial charge in [0.25, 0.3) is 0 Å². The van der Waals surface area contributed by atoms with Gasteiger partial charge in [-0.2, -0.15) is 0 Å². The van der Waals surface area contributed by atoms with E-state index >= 15 is 0 Å². The van der Waals surface area contributed by atoms with Crippen LogP contribution in [0.15, 0.2) is 54.6 Å². The molecule has 1 aliphatic rings. The zero-order chi connectivity index (χ0) is 19.3. The summed E-state index contributed by atoms with van der Waals surface area (Å²) in [6, 6.07) is 16.1. The first-order valence-corrected chi connectivity index (χ1v) is 10.3. The Morgan fingerprint density at radius 1 is 1.11 bits per heavy atom. The lowest BCUT2D eigenvalue weighted by molar-refractivity contribution is -0.111. The second-order valence-electron chi connectivity index (χ2n) is 6.54. The average Bonchev–Trinajstić information content (AvgIpc) is 3.14. The minimum Gasteiger partial charge on any atom is -0.353 e. The standard InChI is InChI=1S/C21H19ClN4OS/c22-17-10-4-2-7-15(17)12-13-19(27)24-21-26-25-20(28-21)23-18-11-5-8-14-6-1-3-9-16(14)18/h1-4,6-7,9-10,12-13,18H,5,8,11H2,(H,23,25)(H,24,26,27)/b13-12+. The topological polar surface area (TPSA) is 66.9 Å². The number of rotatable bonds is 5. The maximum Gasteiger partial charge on any atom is 0.250 e. The van der Waals surface area contributed by atoms with Crippen molar-refractivity contribution in [3.8, 4) is 0 Å². The third kappa shape index (κ3) is 4.40. The van der Waals surface area contributed by atoms with Gasteiger partial charge in [0.15, 0.2) is 0 Å². The number of aromatic nitrogens is 2. The molecule has 4 rings (SSSR count). The molecular formula is C21H19ClN4OS. The summed E-state index contributed by atoms with van der Waals surface area (Å²) >= 11 is 7.42. The molecule has 1 aliphatic carbocycles. The van der Waals surface area contributed by atoms with E-state index in [9.17, 15) is 4.79 Å². The van der Waals surface area contributed by atoms with Gasteiger partial charge in [0.1, 0.15) is 0 Å². The van der Waals surface area contributed by atoms with Gasteiger partial charge in [0.2, 0.25) is 16.2 Å². The molecule has 2 aromatic carbocycles. The van der Waals surface area contributed by atoms with Crippen molar-refractivity contribution in [2.45, 2.75) is 25.3 Å². The van der Waals surface area contributed by atoms with Gasteiger partial charge >= 0.3 is 0 Å². The summed E-state index contributed by atoms with van der Waals surface area (Å²) in [5.41, 5.74) is 3.49. The Morgan fingerprint density at radius 3 is 2.79 bits per heavy atom. The van der Waals surface area contributed by atoms with Crippen LogP contribution in [0.25, 0.3) is 6.08 Å². The lowest BCUT2D eigenvalue weighted by atomic mass is 9.88. The van der Waals surface area contributed by atoms with E-state index in [0.29, 0.717) is 15.3 Å². The van der Waals surface area contributed by atoms with Crippen LogP contribution in [0.1, 0.15) is 35.6 Å². The van der Waals surface area contributed by atoms with Crippen LogP contribution >= 0.6 is 22.9 Å². The first kappa shape index (κ1) is 18.7. The normalized spacial score (nSPS) is 16.0. The van der Waals surface area contributed by atoms with E-state index in [1.165, 1.54) is 28.5 Å². The van der Waals surface area contributed by atoms with Crippen molar-refractivity contribution in [1.82, 2.24) is 10.2 Å². The van der Waals surface area contributed by atoms with Crippen LogP contribution in [0, 0.1) is 0 Å². The molecule has 0 fully saturated rings. The SMILES string of the molecule is O=C(/C=C/c1ccccc1Cl)Nc1nnc(NC2CCCc3ccccc32)s1. The fourth-order valence-electron chi connectivity index (χ4n) is 3.31. The van der Waals surface area contributed by atoms with Crippen molar-refractivity contribution in [3.05, 3.63) is 76.3 Å². The minimum absolute atomic E-state index is 0.224. The van der Waals surface area contributed by atoms with Crippen molar-refractivity contribution < 1.29 is 4.79 Å². The van der Waals surface area contributed by atoms with Crippen LogP contribution in [0.5, 0.6) is 0 Å². The van der Waals surface area contributed by atoms with Gasteiger partial charge in [-0.15, -0.1) is 10.2 Å². The molecule has 0 bridgehead atoms. The highest BCUT2D eigenvalue weighted by molar-refractivity contribution is 7.19. The third-order valence-electron chi connectivity index (χ3n) is 4.64. The highest BCUT2D eigenvalue weighted by Crippen LogP contribution is 2.33. The van der Waals surface area contributed by atoms with Crippen LogP contribution in [0.3, 0.4) is 0 Å². The Morgan fingerprint density at radius 2 is 1.89 bits per heavy atom. The van der Waals surface area contributed by atoms with E-state index in [-0.39, 0.29) is 11.9 Å². The Balaban J connectivity index is 1.39. The lowest BCUT2D eigenvalue weighted by Crippen LogP contribution is -2.17. The number of aryl methyl sites for hydroxylation is 1. The number of fused-ring (bicyclic) bond motifs is 1. The number of carbonyl (C=O) groups is 1. The third-order valence-corrected chi connectivity index (χ3v) is 5.76. The van der Waals surface area contributed by atoms with Crippen molar-refractivity contribution in [3.63, 3.8) is 0 Å². The molecule has 0 radical (unpaired) electrons. The lowest BCUT2D eigenvalue weighted by Gasteiger charge is -2.25. The zero-order valence-electron chi connectivity index (χ0n) is 15.1. The number of anilines is 2. The van der Waals surface area contributed by atoms with Crippen LogP contribution in [-0.2, 0) is 11.2 Å². The van der Waals surface area contributed by atoms with Crippen molar-refractivity contribution in [2.75, 3.05) is 10.6 Å². The maximum atomic E-state index is 12.1. The molecule has 2 N–H and O–H groups in total. The number of halogens is 1. The smallest absolute Gasteiger partial charge is 0.250 e. The summed E-state index contributed by atoms with van der Waals surface area (Å²) in [6.45, 7) is 0. The molecule has 1 unspecified atom stereocenters. The predicted molar refractivity (Wildman–Crippen MR) is 115 cm³/mol. The van der Waals surface area contributed by atoms with E-state index in [1.807, 2.05) is 18.2 Å². The summed E-state index contributed by atoms with van der Waals surface area (Å²) in [7, 11) is 0. The number of benzene rings is 2. The minimum atomic E-state index is -0.273. The molecule has 5 nitrogen and oxygen atoms in total. The summed E-state index contributed by atoms with van der Waals surface area (Å²) in [5.74, 6) is -0.273. The Kier molecular flexibility index (Phi) is 5.69. The monoisotopic (exact) mass is 410 g/mol. The van der Waals surface area contributed by atoms with Crippen LogP contribution < -0.4 is 10.6 Å². The Bertz CT molecular complexity index is 1020. The number of carbonyl (C=O) groups excluding carboxylic acids is 1. The molecule has 28 heavy (non-hydrogen) atoms. The molecular weight excluding hydrogens is 392 g/mol. The van der Waals surface area contributed by atoms with Crippen molar-refractivity contribution in [1.29, 1.82) is 0 Å². The van der Waals surface area contributed by atoms with Gasteiger partial charge < -0.3 is 5.32 Å². The van der Waals surface area contributed by atoms with Crippen molar-refractivity contribution >= 4 is 45.2 Å². The van der Waals surface area contributed by atoms with Gasteiger partial charge in [0, 0.05) is 11.1 Å². The summed E-state index contributed by atoms with van der Waals surface area (Å²) in [5, 5.41) is 16.2. The van der Waals surface area contributed by atoms with Crippen LogP contribution in [-0.4, -0.2) is 16.1 Å². The van der Waals surface area contributed by atoms with Crippen LogP contribution in [0.2, 0.25) is 5.02 Å². The molecule has 0 saturated carbocycles. The van der Waals surface area contributed by atoms with Gasteiger partial charge in [-0.05, 0) is 48.1 Å². The summed E-state index contributed by atoms with van der Waals surface area (Å²) in [6.07, 6.45) is 6.43. The van der Waals surface area contributed by atoms with Gasteiger partial charge in [-0.25, -0.2) is 0 Å². The molecule has 1 atom stereocenters. The molecule has 1 amide bonds. The second-order valence-corrected chi connectivity index (χ2v) is 7.93. The summed E-state index contributed by atoms with van der Waals surface area (Å²) < 4.78 is 0. The van der Waals surface area contributed by atoms with E-state index in [1.54, 1.807) is 12.1 Å². The van der Waals surface area contributed by atoms with Gasteiger partial charge in [-0.3, -0.25) is 10.1 Å². The average molecular weight is 411 g/mol.